The lowest BCUT2D eigenvalue weighted by molar-refractivity contribution is -0.121. The Morgan fingerprint density at radius 3 is 2.81 bits per heavy atom. The molecule has 1 aliphatic carbocycles. The molecule has 1 aromatic rings. The van der Waals surface area contributed by atoms with E-state index >= 15 is 0 Å². The number of hydrogen-bond acceptors (Lipinski definition) is 5. The maximum atomic E-state index is 9.54. The van der Waals surface area contributed by atoms with Crippen molar-refractivity contribution in [2.75, 3.05) is 25.6 Å². The smallest absolute Gasteiger partial charge is 0.191 e. The van der Waals surface area contributed by atoms with E-state index in [2.05, 4.69) is 21.7 Å². The van der Waals surface area contributed by atoms with Crippen molar-refractivity contribution in [1.82, 2.24) is 14.8 Å². The van der Waals surface area contributed by atoms with E-state index in [0.717, 1.165) is 22.7 Å². The van der Waals surface area contributed by atoms with Gasteiger partial charge in [-0.25, -0.2) is 0 Å². The molecular formula is C15H25N3O2S. The molecule has 0 bridgehead atoms. The lowest BCUT2D eigenvalue weighted by atomic mass is 9.87. The monoisotopic (exact) mass is 311 g/mol. The Kier molecular flexibility index (Phi) is 4.57. The summed E-state index contributed by atoms with van der Waals surface area (Å²) in [5.74, 6) is 2.65. The molecule has 6 heteroatoms. The molecule has 118 valence electrons. The first kappa shape index (κ1) is 15.3. The maximum Gasteiger partial charge on any atom is 0.191 e. The molecule has 0 spiro atoms. The van der Waals surface area contributed by atoms with Gasteiger partial charge in [-0.05, 0) is 25.7 Å². The van der Waals surface area contributed by atoms with Crippen LogP contribution in [0.15, 0.2) is 5.16 Å². The van der Waals surface area contributed by atoms with Gasteiger partial charge in [0.1, 0.15) is 5.82 Å². The summed E-state index contributed by atoms with van der Waals surface area (Å²) in [5, 5.41) is 19.2. The van der Waals surface area contributed by atoms with Crippen LogP contribution in [0.1, 0.15) is 44.5 Å². The van der Waals surface area contributed by atoms with E-state index in [0.29, 0.717) is 19.3 Å². The Bertz CT molecular complexity index is 482. The van der Waals surface area contributed by atoms with Crippen molar-refractivity contribution in [2.45, 2.75) is 50.7 Å². The third-order valence-corrected chi connectivity index (χ3v) is 6.06. The fraction of sp³-hybridized carbons (Fsp3) is 0.867. The highest BCUT2D eigenvalue weighted by Gasteiger charge is 2.38. The van der Waals surface area contributed by atoms with Crippen molar-refractivity contribution >= 4 is 11.8 Å². The first-order valence-corrected chi connectivity index (χ1v) is 8.85. The van der Waals surface area contributed by atoms with Crippen molar-refractivity contribution in [2.24, 2.45) is 11.3 Å². The van der Waals surface area contributed by atoms with Crippen LogP contribution in [0.3, 0.4) is 0 Å². The number of aliphatic hydroxyl groups is 1. The number of rotatable bonds is 5. The van der Waals surface area contributed by atoms with E-state index in [1.807, 2.05) is 6.92 Å². The molecule has 2 heterocycles. The second kappa shape index (κ2) is 6.26. The molecule has 0 aromatic carbocycles. The summed E-state index contributed by atoms with van der Waals surface area (Å²) in [6.07, 6.45) is 5.08. The Hall–Kier alpha value is -0.590. The topological polar surface area (TPSA) is 60.2 Å². The second-order valence-corrected chi connectivity index (χ2v) is 7.71. The van der Waals surface area contributed by atoms with Gasteiger partial charge in [0.25, 0.3) is 0 Å². The first-order valence-electron chi connectivity index (χ1n) is 7.86. The second-order valence-electron chi connectivity index (χ2n) is 6.76. The fourth-order valence-electron chi connectivity index (χ4n) is 3.33. The summed E-state index contributed by atoms with van der Waals surface area (Å²) in [7, 11) is 0. The molecule has 1 saturated heterocycles. The van der Waals surface area contributed by atoms with Crippen molar-refractivity contribution in [3.8, 4) is 0 Å². The average molecular weight is 311 g/mol. The van der Waals surface area contributed by atoms with Crippen molar-refractivity contribution in [3.63, 3.8) is 0 Å². The average Bonchev–Trinajstić information content (AvgIpc) is 2.79. The third-order valence-electron chi connectivity index (χ3n) is 4.77. The van der Waals surface area contributed by atoms with E-state index in [-0.39, 0.29) is 12.0 Å². The molecule has 2 unspecified atom stereocenters. The predicted molar refractivity (Wildman–Crippen MR) is 82.5 cm³/mol. The van der Waals surface area contributed by atoms with E-state index in [9.17, 15) is 5.11 Å². The van der Waals surface area contributed by atoms with Gasteiger partial charge in [0.15, 0.2) is 5.16 Å². The van der Waals surface area contributed by atoms with Crippen molar-refractivity contribution in [1.29, 1.82) is 0 Å². The summed E-state index contributed by atoms with van der Waals surface area (Å²) >= 11 is 1.72. The lowest BCUT2D eigenvalue weighted by Gasteiger charge is -2.39. The Morgan fingerprint density at radius 1 is 1.38 bits per heavy atom. The van der Waals surface area contributed by atoms with E-state index in [1.54, 1.807) is 11.8 Å². The van der Waals surface area contributed by atoms with E-state index < -0.39 is 0 Å². The maximum absolute atomic E-state index is 9.54. The minimum absolute atomic E-state index is 0.0742. The molecule has 5 nitrogen and oxygen atoms in total. The summed E-state index contributed by atoms with van der Waals surface area (Å²) in [5.41, 5.74) is -0.0742. The van der Waals surface area contributed by atoms with Gasteiger partial charge < -0.3 is 14.4 Å². The van der Waals surface area contributed by atoms with E-state index in [4.69, 9.17) is 4.74 Å². The largest absolute Gasteiger partial charge is 0.396 e. The van der Waals surface area contributed by atoms with Crippen molar-refractivity contribution < 1.29 is 9.84 Å². The summed E-state index contributed by atoms with van der Waals surface area (Å²) in [6.45, 7) is 5.89. The molecule has 2 aliphatic rings. The van der Waals surface area contributed by atoms with Gasteiger partial charge in [0.2, 0.25) is 0 Å². The van der Waals surface area contributed by atoms with Crippen LogP contribution in [-0.4, -0.2) is 45.4 Å². The van der Waals surface area contributed by atoms with Crippen LogP contribution in [0.5, 0.6) is 0 Å². The number of aromatic nitrogens is 3. The summed E-state index contributed by atoms with van der Waals surface area (Å²) in [6, 6.07) is 0.536. The van der Waals surface area contributed by atoms with Gasteiger partial charge in [-0.1, -0.05) is 31.5 Å². The van der Waals surface area contributed by atoms with Gasteiger partial charge in [-0.2, -0.15) is 0 Å². The summed E-state index contributed by atoms with van der Waals surface area (Å²) in [4.78, 5) is 0. The highest BCUT2D eigenvalue weighted by Crippen LogP contribution is 2.38. The lowest BCUT2D eigenvalue weighted by Crippen LogP contribution is -2.47. The van der Waals surface area contributed by atoms with Gasteiger partial charge in [-0.15, -0.1) is 10.2 Å². The van der Waals surface area contributed by atoms with Crippen LogP contribution in [0.4, 0.5) is 0 Å². The highest BCUT2D eigenvalue weighted by molar-refractivity contribution is 7.99. The Balaban J connectivity index is 1.71. The number of aliphatic hydroxyl groups excluding tert-OH is 1. The third kappa shape index (κ3) is 3.12. The van der Waals surface area contributed by atoms with Crippen LogP contribution in [0, 0.1) is 18.3 Å². The van der Waals surface area contributed by atoms with Gasteiger partial charge in [0.05, 0.1) is 19.8 Å². The van der Waals surface area contributed by atoms with E-state index in [1.165, 1.54) is 25.7 Å². The fourth-order valence-corrected chi connectivity index (χ4v) is 4.55. The predicted octanol–water partition coefficient (Wildman–Crippen LogP) is 2.44. The minimum atomic E-state index is -0.0742. The standard InChI is InChI=1S/C15H25N3O2S/c1-11-4-3-5-13(6-11)18-12(2)16-17-14(18)21-10-15(7-19)8-20-9-15/h11,13,19H,3-10H2,1-2H3. The Morgan fingerprint density at radius 2 is 2.19 bits per heavy atom. The molecule has 1 aliphatic heterocycles. The van der Waals surface area contributed by atoms with Crippen LogP contribution in [0.2, 0.25) is 0 Å². The first-order chi connectivity index (χ1) is 10.1. The normalized spacial score (nSPS) is 28.3. The molecule has 0 radical (unpaired) electrons. The number of thioether (sulfide) groups is 1. The Labute approximate surface area is 130 Å². The molecule has 3 rings (SSSR count). The van der Waals surface area contributed by atoms with Gasteiger partial charge in [-0.3, -0.25) is 0 Å². The van der Waals surface area contributed by atoms with Crippen molar-refractivity contribution in [3.05, 3.63) is 5.82 Å². The summed E-state index contributed by atoms with van der Waals surface area (Å²) < 4.78 is 7.59. The molecule has 1 N–H and O–H groups in total. The van der Waals surface area contributed by atoms with Gasteiger partial charge in [0, 0.05) is 17.2 Å². The molecular weight excluding hydrogens is 286 g/mol. The number of nitrogens with zero attached hydrogens (tertiary/aromatic N) is 3. The SMILES string of the molecule is Cc1nnc(SCC2(CO)COC2)n1C1CCCC(C)C1. The number of ether oxygens (including phenoxy) is 1. The van der Waals surface area contributed by atoms with Crippen LogP contribution in [0.25, 0.3) is 0 Å². The molecule has 0 amide bonds. The number of aryl methyl sites for hydroxylation is 1. The van der Waals surface area contributed by atoms with Crippen LogP contribution < -0.4 is 0 Å². The van der Waals surface area contributed by atoms with Gasteiger partial charge >= 0.3 is 0 Å². The molecule has 21 heavy (non-hydrogen) atoms. The van der Waals surface area contributed by atoms with Crippen LogP contribution in [-0.2, 0) is 4.74 Å². The van der Waals surface area contributed by atoms with Crippen LogP contribution >= 0.6 is 11.8 Å². The molecule has 1 aromatic heterocycles. The zero-order chi connectivity index (χ0) is 14.9. The zero-order valence-electron chi connectivity index (χ0n) is 12.9. The molecule has 1 saturated carbocycles. The zero-order valence-corrected chi connectivity index (χ0v) is 13.7. The molecule has 2 atom stereocenters. The highest BCUT2D eigenvalue weighted by atomic mass is 32.2. The molecule has 2 fully saturated rings. The minimum Gasteiger partial charge on any atom is -0.396 e. The quantitative estimate of drug-likeness (QED) is 0.846. The number of hydrogen-bond donors (Lipinski definition) is 1.